The van der Waals surface area contributed by atoms with E-state index in [2.05, 4.69) is 14.0 Å². The third-order valence-electron chi connectivity index (χ3n) is 6.27. The van der Waals surface area contributed by atoms with Gasteiger partial charge in [-0.3, -0.25) is 4.79 Å². The van der Waals surface area contributed by atoms with Crippen LogP contribution in [-0.4, -0.2) is 66.5 Å². The van der Waals surface area contributed by atoms with Crippen LogP contribution in [0.25, 0.3) is 10.9 Å². The Morgan fingerprint density at radius 1 is 1.38 bits per heavy atom. The van der Waals surface area contributed by atoms with Crippen LogP contribution in [-0.2, 0) is 0 Å². The molecular formula is C20H25FIN3O4. The average molecular weight is 517 g/mol. The maximum absolute atomic E-state index is 15.2. The van der Waals surface area contributed by atoms with Crippen molar-refractivity contribution < 1.29 is 47.5 Å². The van der Waals surface area contributed by atoms with Crippen molar-refractivity contribution in [2.75, 3.05) is 51.3 Å². The molecule has 0 radical (unpaired) electrons. The summed E-state index contributed by atoms with van der Waals surface area (Å²) < 4.78 is 23.8. The molecule has 9 heteroatoms. The van der Waals surface area contributed by atoms with Crippen LogP contribution in [0.1, 0.15) is 30.2 Å². The molecule has 1 fully saturated rings. The van der Waals surface area contributed by atoms with Crippen molar-refractivity contribution in [2.24, 2.45) is 0 Å². The van der Waals surface area contributed by atoms with Crippen LogP contribution >= 0.6 is 0 Å². The summed E-state index contributed by atoms with van der Waals surface area (Å²) in [6.07, 6.45) is 1.35. The molecule has 2 aromatic rings. The van der Waals surface area contributed by atoms with Gasteiger partial charge in [-0.15, -0.1) is 0 Å². The van der Waals surface area contributed by atoms with E-state index in [9.17, 15) is 14.7 Å². The summed E-state index contributed by atoms with van der Waals surface area (Å²) in [6.45, 7) is 8.52. The number of piperazine rings is 1. The van der Waals surface area contributed by atoms with E-state index in [-0.39, 0.29) is 47.6 Å². The number of aromatic carboxylic acids is 1. The van der Waals surface area contributed by atoms with Crippen LogP contribution in [0.5, 0.6) is 5.75 Å². The van der Waals surface area contributed by atoms with Crippen LogP contribution in [0.15, 0.2) is 17.1 Å². The average Bonchev–Trinajstić information content (AvgIpc) is 2.67. The number of ether oxygens (including phenoxy) is 1. The molecule has 0 spiro atoms. The van der Waals surface area contributed by atoms with E-state index in [0.29, 0.717) is 30.0 Å². The van der Waals surface area contributed by atoms with E-state index in [1.54, 1.807) is 4.57 Å². The van der Waals surface area contributed by atoms with E-state index >= 15 is 4.39 Å². The Bertz CT molecular complexity index is 1030. The standard InChI is InChI=1S/C20H24FN3O4.HI/c1-4-24(3)7-5-22(6-8-24)17-15(21)9-13-16-19(17)28-11-12(2)23(16)10-14(18(13)25)20(26)27;/h9-10,12H,4-8,11H2,1-3H3;1H/t12-;/m0./s1. The summed E-state index contributed by atoms with van der Waals surface area (Å²) in [7, 11) is 2.20. The first kappa shape index (κ1) is 21.8. The number of aromatic nitrogens is 1. The van der Waals surface area contributed by atoms with Gasteiger partial charge in [0.2, 0.25) is 5.43 Å². The van der Waals surface area contributed by atoms with Gasteiger partial charge in [0, 0.05) is 6.20 Å². The Morgan fingerprint density at radius 3 is 2.62 bits per heavy atom. The van der Waals surface area contributed by atoms with Crippen LogP contribution in [0.3, 0.4) is 0 Å². The molecule has 1 atom stereocenters. The number of halogens is 2. The molecule has 0 aliphatic carbocycles. The van der Waals surface area contributed by atoms with Gasteiger partial charge in [0.15, 0.2) is 11.6 Å². The maximum Gasteiger partial charge on any atom is 0.341 e. The predicted octanol–water partition coefficient (Wildman–Crippen LogP) is -0.917. The second-order valence-corrected chi connectivity index (χ2v) is 8.05. The molecule has 1 N–H and O–H groups in total. The zero-order valence-electron chi connectivity index (χ0n) is 16.7. The van der Waals surface area contributed by atoms with Gasteiger partial charge in [-0.1, -0.05) is 0 Å². The number of carbonyl (C=O) groups is 1. The number of rotatable bonds is 3. The molecule has 4 rings (SSSR count). The normalized spacial score (nSPS) is 20.1. The van der Waals surface area contributed by atoms with E-state index in [4.69, 9.17) is 4.74 Å². The van der Waals surface area contributed by atoms with Gasteiger partial charge >= 0.3 is 5.97 Å². The number of carboxylic acids is 1. The zero-order chi connectivity index (χ0) is 20.2. The maximum atomic E-state index is 15.2. The van der Waals surface area contributed by atoms with Crippen molar-refractivity contribution in [3.8, 4) is 5.75 Å². The lowest BCUT2D eigenvalue weighted by molar-refractivity contribution is -0.908. The molecule has 1 aromatic carbocycles. The molecule has 158 valence electrons. The summed E-state index contributed by atoms with van der Waals surface area (Å²) in [4.78, 5) is 26.1. The number of nitrogens with zero attached hydrogens (tertiary/aromatic N) is 3. The highest BCUT2D eigenvalue weighted by Crippen LogP contribution is 2.42. The predicted molar refractivity (Wildman–Crippen MR) is 104 cm³/mol. The molecule has 2 aliphatic rings. The summed E-state index contributed by atoms with van der Waals surface area (Å²) in [6, 6.07) is 1.01. The van der Waals surface area contributed by atoms with Crippen molar-refractivity contribution >= 4 is 22.6 Å². The van der Waals surface area contributed by atoms with Gasteiger partial charge in [-0.25, -0.2) is 9.18 Å². The van der Waals surface area contributed by atoms with Crippen LogP contribution in [0.4, 0.5) is 10.1 Å². The largest absolute Gasteiger partial charge is 1.00 e. The molecule has 0 amide bonds. The number of pyridine rings is 1. The lowest BCUT2D eigenvalue weighted by Crippen LogP contribution is -3.00. The molecule has 1 saturated heterocycles. The third-order valence-corrected chi connectivity index (χ3v) is 6.27. The minimum atomic E-state index is -1.31. The van der Waals surface area contributed by atoms with Gasteiger partial charge in [0.1, 0.15) is 17.9 Å². The molecule has 0 bridgehead atoms. The zero-order valence-corrected chi connectivity index (χ0v) is 18.9. The molecule has 2 aliphatic heterocycles. The molecule has 7 nitrogen and oxygen atoms in total. The monoisotopic (exact) mass is 517 g/mol. The van der Waals surface area contributed by atoms with Gasteiger partial charge in [-0.05, 0) is 19.9 Å². The molecule has 0 unspecified atom stereocenters. The van der Waals surface area contributed by atoms with Gasteiger partial charge < -0.3 is 47.8 Å². The first-order valence-corrected chi connectivity index (χ1v) is 9.61. The molecule has 1 aromatic heterocycles. The second-order valence-electron chi connectivity index (χ2n) is 8.05. The minimum Gasteiger partial charge on any atom is -1.00 e. The fraction of sp³-hybridized carbons (Fsp3) is 0.500. The van der Waals surface area contributed by atoms with Gasteiger partial charge in [0.25, 0.3) is 0 Å². The van der Waals surface area contributed by atoms with Crippen molar-refractivity contribution in [2.45, 2.75) is 19.9 Å². The lowest BCUT2D eigenvalue weighted by atomic mass is 10.1. The SMILES string of the molecule is CC[N+]1(C)CCN(c2c(F)cc3c(=O)c(C(=O)O)cn4c3c2OC[C@@H]4C)CC1.[I-]. The number of anilines is 1. The number of quaternary nitrogens is 1. The second kappa shape index (κ2) is 7.75. The van der Waals surface area contributed by atoms with Crippen LogP contribution in [0, 0.1) is 5.82 Å². The van der Waals surface area contributed by atoms with E-state index in [1.807, 2.05) is 11.8 Å². The lowest BCUT2D eigenvalue weighted by Gasteiger charge is -2.43. The Labute approximate surface area is 185 Å². The summed E-state index contributed by atoms with van der Waals surface area (Å²) >= 11 is 0. The fourth-order valence-electron chi connectivity index (χ4n) is 4.15. The molecule has 0 saturated carbocycles. The Morgan fingerprint density at radius 2 is 2.03 bits per heavy atom. The highest BCUT2D eigenvalue weighted by atomic mass is 127. The first-order chi connectivity index (χ1) is 13.3. The third kappa shape index (κ3) is 3.48. The van der Waals surface area contributed by atoms with Gasteiger partial charge in [0.05, 0.1) is 56.7 Å². The summed E-state index contributed by atoms with van der Waals surface area (Å²) in [5.41, 5.74) is -0.188. The highest BCUT2D eigenvalue weighted by molar-refractivity contribution is 5.97. The number of benzene rings is 1. The van der Waals surface area contributed by atoms with Crippen molar-refractivity contribution in [3.05, 3.63) is 33.9 Å². The van der Waals surface area contributed by atoms with E-state index < -0.39 is 17.2 Å². The number of hydrogen-bond acceptors (Lipinski definition) is 4. The fourth-order valence-corrected chi connectivity index (χ4v) is 4.15. The number of carboxylic acid groups (broad SMARTS) is 1. The molecular weight excluding hydrogens is 492 g/mol. The Kier molecular flexibility index (Phi) is 5.83. The van der Waals surface area contributed by atoms with Crippen molar-refractivity contribution in [1.82, 2.24) is 4.57 Å². The smallest absolute Gasteiger partial charge is 0.341 e. The number of hydrogen-bond donors (Lipinski definition) is 1. The quantitative estimate of drug-likeness (QED) is 0.422. The van der Waals surface area contributed by atoms with E-state index in [1.165, 1.54) is 12.3 Å². The van der Waals surface area contributed by atoms with Crippen LogP contribution in [0.2, 0.25) is 0 Å². The van der Waals surface area contributed by atoms with Crippen molar-refractivity contribution in [1.29, 1.82) is 0 Å². The van der Waals surface area contributed by atoms with E-state index in [0.717, 1.165) is 24.1 Å². The first-order valence-electron chi connectivity index (χ1n) is 9.61. The highest BCUT2D eigenvalue weighted by Gasteiger charge is 2.34. The topological polar surface area (TPSA) is 71.8 Å². The Hall–Kier alpha value is -1.88. The van der Waals surface area contributed by atoms with Crippen molar-refractivity contribution in [3.63, 3.8) is 0 Å². The Balaban J connectivity index is 0.00000240. The van der Waals surface area contributed by atoms with Gasteiger partial charge in [-0.2, -0.15) is 0 Å². The van der Waals surface area contributed by atoms with Crippen LogP contribution < -0.4 is 39.0 Å². The molecule has 3 heterocycles. The minimum absolute atomic E-state index is 0. The molecule has 29 heavy (non-hydrogen) atoms. The summed E-state index contributed by atoms with van der Waals surface area (Å²) in [5, 5.41) is 9.42. The summed E-state index contributed by atoms with van der Waals surface area (Å²) in [5.74, 6) is -1.52. The number of likely N-dealkylation sites (N-methyl/N-ethyl adjacent to an activating group) is 1.